The van der Waals surface area contributed by atoms with Crippen LogP contribution in [0.3, 0.4) is 0 Å². The van der Waals surface area contributed by atoms with Crippen LogP contribution in [-0.2, 0) is 9.53 Å². The van der Waals surface area contributed by atoms with E-state index in [1.165, 1.54) is 12.3 Å². The van der Waals surface area contributed by atoms with Crippen LogP contribution in [0, 0.1) is 5.41 Å². The second-order valence-electron chi connectivity index (χ2n) is 2.86. The number of H-pyrrole nitrogens is 1. The molecule has 0 saturated carbocycles. The Hall–Kier alpha value is -1.75. The molecular weight excluding hydrogens is 232 g/mol. The first-order valence-corrected chi connectivity index (χ1v) is 4.93. The van der Waals surface area contributed by atoms with E-state index < -0.39 is 5.97 Å². The Kier molecular flexibility index (Phi) is 4.13. The molecule has 5 nitrogen and oxygen atoms in total. The molecule has 3 N–H and O–H groups in total. The number of aliphatic hydroxyl groups excluding tert-OH is 1. The lowest BCUT2D eigenvalue weighted by atomic mass is 10.2. The van der Waals surface area contributed by atoms with Gasteiger partial charge in [-0.1, -0.05) is 11.6 Å². The topological polar surface area (TPSA) is 86.2 Å². The Morgan fingerprint density at radius 1 is 1.75 bits per heavy atom. The van der Waals surface area contributed by atoms with Crippen molar-refractivity contribution in [3.05, 3.63) is 28.6 Å². The quantitative estimate of drug-likeness (QED) is 0.327. The Bertz CT molecular complexity index is 437. The number of carbonyl (C=O) groups is 1. The molecule has 6 heteroatoms. The molecule has 0 radical (unpaired) electrons. The van der Waals surface area contributed by atoms with Gasteiger partial charge in [0.1, 0.15) is 5.57 Å². The molecule has 0 fully saturated rings. The summed E-state index contributed by atoms with van der Waals surface area (Å²) in [6.07, 6.45) is 2.20. The van der Waals surface area contributed by atoms with Crippen LogP contribution in [0.25, 0.3) is 5.76 Å². The van der Waals surface area contributed by atoms with E-state index in [1.807, 2.05) is 0 Å². The van der Waals surface area contributed by atoms with Crippen LogP contribution in [0.4, 0.5) is 0 Å². The molecule has 0 aliphatic carbocycles. The highest BCUT2D eigenvalue weighted by atomic mass is 35.5. The van der Waals surface area contributed by atoms with Crippen LogP contribution in [0.1, 0.15) is 12.6 Å². The van der Waals surface area contributed by atoms with Gasteiger partial charge in [-0.15, -0.1) is 0 Å². The molecule has 0 aliphatic heterocycles. The van der Waals surface area contributed by atoms with Gasteiger partial charge in [-0.2, -0.15) is 0 Å². The third-order valence-corrected chi connectivity index (χ3v) is 2.02. The lowest BCUT2D eigenvalue weighted by molar-refractivity contribution is -0.137. The zero-order valence-corrected chi connectivity index (χ0v) is 9.34. The van der Waals surface area contributed by atoms with Crippen molar-refractivity contribution in [3.8, 4) is 0 Å². The Balaban J connectivity index is 3.08. The molecule has 0 aromatic carbocycles. The van der Waals surface area contributed by atoms with E-state index >= 15 is 0 Å². The molecule has 1 heterocycles. The summed E-state index contributed by atoms with van der Waals surface area (Å²) < 4.78 is 4.69. The zero-order valence-electron chi connectivity index (χ0n) is 8.58. The van der Waals surface area contributed by atoms with E-state index in [0.717, 1.165) is 6.21 Å². The number of nitrogens with one attached hydrogen (secondary N) is 2. The predicted octanol–water partition coefficient (Wildman–Crippen LogP) is 2.15. The van der Waals surface area contributed by atoms with E-state index in [0.29, 0.717) is 5.02 Å². The summed E-state index contributed by atoms with van der Waals surface area (Å²) in [6.45, 7) is 1.82. The van der Waals surface area contributed by atoms with Gasteiger partial charge in [-0.25, -0.2) is 4.79 Å². The monoisotopic (exact) mass is 242 g/mol. The molecule has 0 bridgehead atoms. The normalized spacial score (nSPS) is 11.9. The third kappa shape index (κ3) is 2.64. The highest BCUT2D eigenvalue weighted by molar-refractivity contribution is 6.30. The number of rotatable bonds is 4. The summed E-state index contributed by atoms with van der Waals surface area (Å²) in [7, 11) is 0. The molecule has 0 atom stereocenters. The molecule has 0 aliphatic rings. The smallest absolute Gasteiger partial charge is 0.343 e. The van der Waals surface area contributed by atoms with Gasteiger partial charge in [0.2, 0.25) is 0 Å². The second-order valence-corrected chi connectivity index (χ2v) is 3.30. The summed E-state index contributed by atoms with van der Waals surface area (Å²) in [5.41, 5.74) is 0.0388. The summed E-state index contributed by atoms with van der Waals surface area (Å²) >= 11 is 5.65. The zero-order chi connectivity index (χ0) is 12.1. The maximum Gasteiger partial charge on any atom is 0.343 e. The molecule has 16 heavy (non-hydrogen) atoms. The van der Waals surface area contributed by atoms with Gasteiger partial charge in [0.25, 0.3) is 0 Å². The van der Waals surface area contributed by atoms with E-state index in [4.69, 9.17) is 17.0 Å². The predicted molar refractivity (Wildman–Crippen MR) is 60.8 cm³/mol. The minimum Gasteiger partial charge on any atom is -0.505 e. The average Bonchev–Trinajstić information content (AvgIpc) is 2.66. The van der Waals surface area contributed by atoms with Crippen molar-refractivity contribution >= 4 is 29.5 Å². The van der Waals surface area contributed by atoms with Gasteiger partial charge in [0, 0.05) is 12.4 Å². The van der Waals surface area contributed by atoms with Crippen LogP contribution in [0.2, 0.25) is 5.02 Å². The Morgan fingerprint density at radius 3 is 2.88 bits per heavy atom. The molecule has 0 unspecified atom stereocenters. The van der Waals surface area contributed by atoms with Gasteiger partial charge in [-0.3, -0.25) is 0 Å². The van der Waals surface area contributed by atoms with Crippen LogP contribution in [0.5, 0.6) is 0 Å². The minimum atomic E-state index is -0.749. The van der Waals surface area contributed by atoms with Crippen molar-refractivity contribution in [2.75, 3.05) is 6.61 Å². The average molecular weight is 243 g/mol. The van der Waals surface area contributed by atoms with Crippen molar-refractivity contribution in [2.24, 2.45) is 0 Å². The number of ether oxygens (including phenoxy) is 1. The fourth-order valence-electron chi connectivity index (χ4n) is 1.08. The first kappa shape index (κ1) is 12.3. The van der Waals surface area contributed by atoms with E-state index in [2.05, 4.69) is 9.72 Å². The van der Waals surface area contributed by atoms with Gasteiger partial charge >= 0.3 is 5.97 Å². The second kappa shape index (κ2) is 5.37. The summed E-state index contributed by atoms with van der Waals surface area (Å²) in [4.78, 5) is 14.0. The highest BCUT2D eigenvalue weighted by Crippen LogP contribution is 2.18. The SMILES string of the molecule is CCOC(=O)/C(C=N)=C(\O)c1cc(Cl)c[nH]1. The van der Waals surface area contributed by atoms with E-state index in [1.54, 1.807) is 6.92 Å². The van der Waals surface area contributed by atoms with E-state index in [-0.39, 0.29) is 23.6 Å². The number of aliphatic hydroxyl groups is 1. The van der Waals surface area contributed by atoms with Gasteiger partial charge in [0.05, 0.1) is 17.3 Å². The maximum absolute atomic E-state index is 11.4. The molecule has 0 saturated heterocycles. The molecule has 86 valence electrons. The van der Waals surface area contributed by atoms with E-state index in [9.17, 15) is 9.90 Å². The van der Waals surface area contributed by atoms with Crippen LogP contribution in [0.15, 0.2) is 17.8 Å². The van der Waals surface area contributed by atoms with Crippen molar-refractivity contribution in [1.82, 2.24) is 4.98 Å². The summed E-state index contributed by atoms with van der Waals surface area (Å²) in [5, 5.41) is 17.2. The number of halogens is 1. The molecule has 1 aromatic rings. The van der Waals surface area contributed by atoms with Crippen molar-refractivity contribution in [1.29, 1.82) is 5.41 Å². The molecule has 0 spiro atoms. The molecular formula is C10H11ClN2O3. The summed E-state index contributed by atoms with van der Waals surface area (Å²) in [6, 6.07) is 1.44. The number of aromatic nitrogens is 1. The maximum atomic E-state index is 11.4. The minimum absolute atomic E-state index is 0.176. The van der Waals surface area contributed by atoms with Crippen LogP contribution < -0.4 is 0 Å². The van der Waals surface area contributed by atoms with Crippen LogP contribution >= 0.6 is 11.6 Å². The highest BCUT2D eigenvalue weighted by Gasteiger charge is 2.16. The molecule has 1 rings (SSSR count). The fraction of sp³-hybridized carbons (Fsp3) is 0.200. The largest absolute Gasteiger partial charge is 0.505 e. The Morgan fingerprint density at radius 2 is 2.44 bits per heavy atom. The number of hydrogen-bond donors (Lipinski definition) is 3. The third-order valence-electron chi connectivity index (χ3n) is 1.80. The van der Waals surface area contributed by atoms with Crippen molar-refractivity contribution < 1.29 is 14.6 Å². The molecule has 0 amide bonds. The van der Waals surface area contributed by atoms with Crippen molar-refractivity contribution in [3.63, 3.8) is 0 Å². The van der Waals surface area contributed by atoms with Crippen molar-refractivity contribution in [2.45, 2.75) is 6.92 Å². The first-order chi connectivity index (χ1) is 7.60. The fourth-order valence-corrected chi connectivity index (χ4v) is 1.25. The lowest BCUT2D eigenvalue weighted by Gasteiger charge is -2.04. The number of aromatic amines is 1. The van der Waals surface area contributed by atoms with Gasteiger partial charge in [-0.05, 0) is 13.0 Å². The summed E-state index contributed by atoms with van der Waals surface area (Å²) in [5.74, 6) is -1.11. The van der Waals surface area contributed by atoms with Crippen LogP contribution in [-0.4, -0.2) is 28.9 Å². The van der Waals surface area contributed by atoms with Gasteiger partial charge in [0.15, 0.2) is 5.76 Å². The Labute approximate surface area is 97.2 Å². The number of carbonyl (C=O) groups excluding carboxylic acids is 1. The number of esters is 1. The molecule has 1 aromatic heterocycles. The lowest BCUT2D eigenvalue weighted by Crippen LogP contribution is -2.11. The number of hydrogen-bond acceptors (Lipinski definition) is 4. The van der Waals surface area contributed by atoms with Gasteiger partial charge < -0.3 is 20.2 Å². The first-order valence-electron chi connectivity index (χ1n) is 4.55. The standard InChI is InChI=1S/C10H11ClN2O3/c1-2-16-10(15)7(4-12)9(14)8-3-6(11)5-13-8/h3-5,12-14H,2H2,1H3/b9-7-,12-4?.